The van der Waals surface area contributed by atoms with Gasteiger partial charge in [0, 0.05) is 0 Å². The highest BCUT2D eigenvalue weighted by molar-refractivity contribution is 5.78. The lowest BCUT2D eigenvalue weighted by atomic mass is 10.00. The second kappa shape index (κ2) is 5.26. The summed E-state index contributed by atoms with van der Waals surface area (Å²) in [7, 11) is 2.30. The Morgan fingerprint density at radius 3 is 2.39 bits per heavy atom. The highest BCUT2D eigenvalue weighted by Crippen LogP contribution is 2.36. The average Bonchev–Trinajstić information content (AvgIpc) is 2.35. The molecule has 1 atom stereocenters. The van der Waals surface area contributed by atoms with Crippen LogP contribution in [-0.2, 0) is 15.7 Å². The summed E-state index contributed by atoms with van der Waals surface area (Å²) in [6.07, 6.45) is -4.63. The second-order valence-electron chi connectivity index (χ2n) is 3.45. The fourth-order valence-corrected chi connectivity index (χ4v) is 1.43. The van der Waals surface area contributed by atoms with Crippen molar-refractivity contribution in [1.82, 2.24) is 0 Å². The summed E-state index contributed by atoms with van der Waals surface area (Å²) in [5.74, 6) is -0.909. The lowest BCUT2D eigenvalue weighted by Gasteiger charge is -2.17. The molecule has 4 nitrogen and oxygen atoms in total. The summed E-state index contributed by atoms with van der Waals surface area (Å²) >= 11 is 0. The molecule has 0 amide bonds. The van der Waals surface area contributed by atoms with Crippen molar-refractivity contribution >= 4 is 5.97 Å². The van der Waals surface area contributed by atoms with E-state index in [2.05, 4.69) is 4.74 Å². The van der Waals surface area contributed by atoms with Crippen molar-refractivity contribution in [1.29, 1.82) is 0 Å². The molecule has 0 saturated carbocycles. The molecule has 0 unspecified atom stereocenters. The Morgan fingerprint density at radius 1 is 1.33 bits per heavy atom. The van der Waals surface area contributed by atoms with Gasteiger partial charge in [-0.3, -0.25) is 4.79 Å². The monoisotopic (exact) mass is 263 g/mol. The summed E-state index contributed by atoms with van der Waals surface area (Å²) < 4.78 is 47.5. The maximum absolute atomic E-state index is 12.8. The van der Waals surface area contributed by atoms with E-state index in [-0.39, 0.29) is 11.3 Å². The van der Waals surface area contributed by atoms with Gasteiger partial charge in [0.25, 0.3) is 0 Å². The Labute approximate surface area is 101 Å². The first-order valence-corrected chi connectivity index (χ1v) is 4.89. The zero-order chi connectivity index (χ0) is 13.9. The molecule has 0 aliphatic carbocycles. The molecule has 0 radical (unpaired) electrons. The maximum atomic E-state index is 12.8. The number of methoxy groups -OCH3 is 2. The largest absolute Gasteiger partial charge is 0.497 e. The molecule has 1 rings (SSSR count). The summed E-state index contributed by atoms with van der Waals surface area (Å²) in [4.78, 5) is 11.2. The van der Waals surface area contributed by atoms with E-state index in [0.29, 0.717) is 0 Å². The van der Waals surface area contributed by atoms with E-state index in [1.807, 2.05) is 0 Å². The zero-order valence-corrected chi connectivity index (χ0v) is 9.75. The molecule has 18 heavy (non-hydrogen) atoms. The van der Waals surface area contributed by atoms with Gasteiger partial charge in [-0.15, -0.1) is 0 Å². The van der Waals surface area contributed by atoms with Crippen LogP contribution in [0.25, 0.3) is 0 Å². The molecule has 1 aromatic rings. The number of alkyl halides is 3. The van der Waals surface area contributed by atoms with Crippen LogP contribution in [0.4, 0.5) is 13.2 Å². The van der Waals surface area contributed by atoms with Crippen LogP contribution in [0.1, 0.15) is 17.2 Å². The Morgan fingerprint density at radius 2 is 1.94 bits per heavy atom. The molecule has 0 bridgehead atoms. The maximum Gasteiger partial charge on any atom is 0.416 e. The van der Waals surface area contributed by atoms with Gasteiger partial charge in [-0.1, -0.05) is 6.07 Å². The molecular weight excluding hydrogens is 251 g/mol. The molecule has 0 fully saturated rings. The standard InChI is InChI=1S/C11H12F3NO3/c1-17-6-3-4-7(9(15)10(16)18-2)8(5-6)11(12,13)14/h3-5,9H,15H2,1-2H3/t9-/m0/s1. The Hall–Kier alpha value is -1.76. The van der Waals surface area contributed by atoms with Gasteiger partial charge >= 0.3 is 12.1 Å². The minimum absolute atomic E-state index is 0.0307. The third kappa shape index (κ3) is 2.92. The fraction of sp³-hybridized carbons (Fsp3) is 0.364. The van der Waals surface area contributed by atoms with Crippen LogP contribution in [0, 0.1) is 0 Å². The lowest BCUT2D eigenvalue weighted by molar-refractivity contribution is -0.144. The number of benzene rings is 1. The van der Waals surface area contributed by atoms with Crippen LogP contribution in [0.3, 0.4) is 0 Å². The second-order valence-corrected chi connectivity index (χ2v) is 3.45. The van der Waals surface area contributed by atoms with Crippen molar-refractivity contribution in [3.8, 4) is 5.75 Å². The highest BCUT2D eigenvalue weighted by Gasteiger charge is 2.36. The van der Waals surface area contributed by atoms with E-state index in [4.69, 9.17) is 10.5 Å². The first-order chi connectivity index (χ1) is 8.31. The molecule has 100 valence electrons. The van der Waals surface area contributed by atoms with E-state index >= 15 is 0 Å². The molecule has 0 saturated heterocycles. The van der Waals surface area contributed by atoms with E-state index in [0.717, 1.165) is 19.2 Å². The first kappa shape index (κ1) is 14.3. The van der Waals surface area contributed by atoms with E-state index in [9.17, 15) is 18.0 Å². The van der Waals surface area contributed by atoms with Crippen molar-refractivity contribution in [3.63, 3.8) is 0 Å². The molecule has 0 aliphatic rings. The molecule has 0 spiro atoms. The minimum Gasteiger partial charge on any atom is -0.497 e. The zero-order valence-electron chi connectivity index (χ0n) is 9.75. The van der Waals surface area contributed by atoms with Crippen LogP contribution in [-0.4, -0.2) is 20.2 Å². The van der Waals surface area contributed by atoms with Crippen molar-refractivity contribution in [2.75, 3.05) is 14.2 Å². The van der Waals surface area contributed by atoms with E-state index in [1.165, 1.54) is 13.2 Å². The Kier molecular flexibility index (Phi) is 4.18. The van der Waals surface area contributed by atoms with Crippen LogP contribution in [0.15, 0.2) is 18.2 Å². The molecule has 7 heteroatoms. The fourth-order valence-electron chi connectivity index (χ4n) is 1.43. The van der Waals surface area contributed by atoms with Gasteiger partial charge in [0.1, 0.15) is 11.8 Å². The highest BCUT2D eigenvalue weighted by atomic mass is 19.4. The molecule has 2 N–H and O–H groups in total. The Bertz CT molecular complexity index is 446. The summed E-state index contributed by atoms with van der Waals surface area (Å²) in [5, 5.41) is 0. The first-order valence-electron chi connectivity index (χ1n) is 4.89. The Balaban J connectivity index is 3.31. The molecule has 0 heterocycles. The van der Waals surface area contributed by atoms with Crippen molar-refractivity contribution in [2.24, 2.45) is 5.73 Å². The normalized spacial score (nSPS) is 13.0. The molecule has 0 aliphatic heterocycles. The number of nitrogens with two attached hydrogens (primary N) is 1. The van der Waals surface area contributed by atoms with Crippen molar-refractivity contribution < 1.29 is 27.4 Å². The van der Waals surface area contributed by atoms with E-state index < -0.39 is 23.8 Å². The van der Waals surface area contributed by atoms with Gasteiger partial charge in [-0.05, 0) is 17.7 Å². The van der Waals surface area contributed by atoms with Gasteiger partial charge in [0.2, 0.25) is 0 Å². The third-order valence-electron chi connectivity index (χ3n) is 2.36. The summed E-state index contributed by atoms with van der Waals surface area (Å²) in [5.41, 5.74) is 4.06. The SMILES string of the molecule is COC(=O)[C@@H](N)c1ccc(OC)cc1C(F)(F)F. The number of rotatable bonds is 3. The summed E-state index contributed by atoms with van der Waals surface area (Å²) in [6, 6.07) is 1.70. The predicted octanol–water partition coefficient (Wildman–Crippen LogP) is 1.89. The van der Waals surface area contributed by atoms with Gasteiger partial charge in [-0.2, -0.15) is 13.2 Å². The number of carbonyl (C=O) groups is 1. The number of esters is 1. The quantitative estimate of drug-likeness (QED) is 0.846. The number of carbonyl (C=O) groups excluding carboxylic acids is 1. The number of halogens is 3. The summed E-state index contributed by atoms with van der Waals surface area (Å²) in [6.45, 7) is 0. The van der Waals surface area contributed by atoms with Gasteiger partial charge < -0.3 is 15.2 Å². The van der Waals surface area contributed by atoms with Gasteiger partial charge in [-0.25, -0.2) is 0 Å². The number of hydrogen-bond donors (Lipinski definition) is 1. The number of ether oxygens (including phenoxy) is 2. The van der Waals surface area contributed by atoms with Gasteiger partial charge in [0.05, 0.1) is 19.8 Å². The van der Waals surface area contributed by atoms with Crippen molar-refractivity contribution in [2.45, 2.75) is 12.2 Å². The van der Waals surface area contributed by atoms with Crippen LogP contribution in [0.5, 0.6) is 5.75 Å². The minimum atomic E-state index is -4.63. The molecular formula is C11H12F3NO3. The average molecular weight is 263 g/mol. The predicted molar refractivity (Wildman–Crippen MR) is 56.9 cm³/mol. The lowest BCUT2D eigenvalue weighted by Crippen LogP contribution is -2.25. The molecule has 1 aromatic carbocycles. The van der Waals surface area contributed by atoms with Crippen LogP contribution >= 0.6 is 0 Å². The van der Waals surface area contributed by atoms with Crippen LogP contribution < -0.4 is 10.5 Å². The van der Waals surface area contributed by atoms with Crippen molar-refractivity contribution in [3.05, 3.63) is 29.3 Å². The third-order valence-corrected chi connectivity index (χ3v) is 2.36. The van der Waals surface area contributed by atoms with E-state index in [1.54, 1.807) is 0 Å². The molecule has 0 aromatic heterocycles. The number of hydrogen-bond acceptors (Lipinski definition) is 4. The van der Waals surface area contributed by atoms with Crippen LogP contribution in [0.2, 0.25) is 0 Å². The topological polar surface area (TPSA) is 61.5 Å². The smallest absolute Gasteiger partial charge is 0.416 e. The van der Waals surface area contributed by atoms with Gasteiger partial charge in [0.15, 0.2) is 0 Å².